The Bertz CT molecular complexity index is 976. The van der Waals surface area contributed by atoms with Crippen LogP contribution in [-0.4, -0.2) is 31.8 Å². The summed E-state index contributed by atoms with van der Waals surface area (Å²) in [6.07, 6.45) is 0.545. The van der Waals surface area contributed by atoms with Crippen molar-refractivity contribution in [3.8, 4) is 23.0 Å². The summed E-state index contributed by atoms with van der Waals surface area (Å²) in [5.74, 6) is 1.76. The zero-order chi connectivity index (χ0) is 19.8. The van der Waals surface area contributed by atoms with Crippen LogP contribution in [0, 0.1) is 11.8 Å². The van der Waals surface area contributed by atoms with Crippen LogP contribution in [0.1, 0.15) is 12.0 Å². The number of amides is 2. The van der Waals surface area contributed by atoms with Crippen molar-refractivity contribution in [1.29, 1.82) is 0 Å². The fourth-order valence-corrected chi connectivity index (χ4v) is 3.50. The van der Waals surface area contributed by atoms with Crippen molar-refractivity contribution in [3.05, 3.63) is 42.0 Å². The standard InChI is InChI=1S/C21H20N2O6/c24-20(22-10-12-1-3-17-18(7-12)29-11-28-17)14-9-15(14)21(25)23-13-2-4-16-19(8-13)27-6-5-26-16/h1-4,7-8,14-15H,5-6,9-11H2,(H,22,24)(H,23,25). The zero-order valence-corrected chi connectivity index (χ0v) is 15.6. The molecular formula is C21H20N2O6. The molecule has 29 heavy (non-hydrogen) atoms. The van der Waals surface area contributed by atoms with Gasteiger partial charge in [0.2, 0.25) is 18.6 Å². The number of hydrogen-bond acceptors (Lipinski definition) is 6. The molecule has 1 aliphatic carbocycles. The van der Waals surface area contributed by atoms with Crippen LogP contribution < -0.4 is 29.6 Å². The summed E-state index contributed by atoms with van der Waals surface area (Å²) in [5, 5.41) is 5.75. The Morgan fingerprint density at radius 1 is 0.828 bits per heavy atom. The number of hydrogen-bond donors (Lipinski definition) is 2. The van der Waals surface area contributed by atoms with Gasteiger partial charge >= 0.3 is 0 Å². The Labute approximate surface area is 167 Å². The normalized spacial score (nSPS) is 20.7. The molecule has 3 aliphatic rings. The Kier molecular flexibility index (Phi) is 4.38. The van der Waals surface area contributed by atoms with Gasteiger partial charge in [-0.15, -0.1) is 0 Å². The van der Waals surface area contributed by atoms with Crippen molar-refractivity contribution in [3.63, 3.8) is 0 Å². The molecule has 0 saturated heterocycles. The van der Waals surface area contributed by atoms with Gasteiger partial charge in [-0.25, -0.2) is 0 Å². The van der Waals surface area contributed by atoms with E-state index < -0.39 is 0 Å². The van der Waals surface area contributed by atoms with Crippen molar-refractivity contribution < 1.29 is 28.5 Å². The summed E-state index contributed by atoms with van der Waals surface area (Å²) in [6, 6.07) is 10.8. The van der Waals surface area contributed by atoms with E-state index in [0.29, 0.717) is 54.9 Å². The highest BCUT2D eigenvalue weighted by Gasteiger charge is 2.48. The highest BCUT2D eigenvalue weighted by molar-refractivity contribution is 5.99. The van der Waals surface area contributed by atoms with Gasteiger partial charge in [0.05, 0.1) is 11.8 Å². The predicted molar refractivity (Wildman–Crippen MR) is 102 cm³/mol. The second kappa shape index (κ2) is 7.20. The molecule has 2 amide bonds. The smallest absolute Gasteiger partial charge is 0.231 e. The SMILES string of the molecule is O=C(NCc1ccc2c(c1)OCO2)C1CC1C(=O)Nc1ccc2c(c1)OCCO2. The van der Waals surface area contributed by atoms with E-state index in [9.17, 15) is 9.59 Å². The van der Waals surface area contributed by atoms with Crippen molar-refractivity contribution in [2.45, 2.75) is 13.0 Å². The predicted octanol–water partition coefficient (Wildman–Crippen LogP) is 2.08. The van der Waals surface area contributed by atoms with Crippen molar-refractivity contribution in [2.24, 2.45) is 11.8 Å². The summed E-state index contributed by atoms with van der Waals surface area (Å²) in [4.78, 5) is 24.9. The van der Waals surface area contributed by atoms with E-state index in [1.807, 2.05) is 18.2 Å². The number of rotatable bonds is 5. The molecule has 8 nitrogen and oxygen atoms in total. The lowest BCUT2D eigenvalue weighted by molar-refractivity contribution is -0.125. The number of benzene rings is 2. The second-order valence-corrected chi connectivity index (χ2v) is 7.20. The Balaban J connectivity index is 1.13. The number of fused-ring (bicyclic) bond motifs is 2. The lowest BCUT2D eigenvalue weighted by atomic mass is 10.2. The van der Waals surface area contributed by atoms with E-state index in [4.69, 9.17) is 18.9 Å². The third-order valence-electron chi connectivity index (χ3n) is 5.18. The summed E-state index contributed by atoms with van der Waals surface area (Å²) < 4.78 is 21.6. The number of nitrogens with one attached hydrogen (secondary N) is 2. The lowest BCUT2D eigenvalue weighted by Gasteiger charge is -2.19. The summed E-state index contributed by atoms with van der Waals surface area (Å²) in [5.41, 5.74) is 1.55. The quantitative estimate of drug-likeness (QED) is 0.804. The highest BCUT2D eigenvalue weighted by Crippen LogP contribution is 2.40. The first-order valence-electron chi connectivity index (χ1n) is 9.54. The average Bonchev–Trinajstić information content (AvgIpc) is 3.42. The summed E-state index contributed by atoms with van der Waals surface area (Å²) in [7, 11) is 0. The third kappa shape index (κ3) is 3.65. The molecule has 5 rings (SSSR count). The molecule has 2 heterocycles. The van der Waals surface area contributed by atoms with Crippen LogP contribution in [0.4, 0.5) is 5.69 Å². The van der Waals surface area contributed by atoms with Crippen LogP contribution in [0.5, 0.6) is 23.0 Å². The van der Waals surface area contributed by atoms with Gasteiger partial charge in [0, 0.05) is 18.3 Å². The number of carbonyl (C=O) groups excluding carboxylic acids is 2. The van der Waals surface area contributed by atoms with Gasteiger partial charge in [0.25, 0.3) is 0 Å². The lowest BCUT2D eigenvalue weighted by Crippen LogP contribution is -2.27. The summed E-state index contributed by atoms with van der Waals surface area (Å²) >= 11 is 0. The van der Waals surface area contributed by atoms with Crippen LogP contribution in [0.2, 0.25) is 0 Å². The maximum absolute atomic E-state index is 12.5. The van der Waals surface area contributed by atoms with E-state index >= 15 is 0 Å². The van der Waals surface area contributed by atoms with Crippen LogP contribution in [0.25, 0.3) is 0 Å². The van der Waals surface area contributed by atoms with Gasteiger partial charge in [-0.05, 0) is 36.2 Å². The number of ether oxygens (including phenoxy) is 4. The Morgan fingerprint density at radius 3 is 2.41 bits per heavy atom. The molecule has 0 spiro atoms. The van der Waals surface area contributed by atoms with Crippen LogP contribution in [-0.2, 0) is 16.1 Å². The topological polar surface area (TPSA) is 95.1 Å². The van der Waals surface area contributed by atoms with Crippen molar-refractivity contribution in [2.75, 3.05) is 25.3 Å². The van der Waals surface area contributed by atoms with Gasteiger partial charge in [-0.3, -0.25) is 9.59 Å². The molecule has 2 aliphatic heterocycles. The largest absolute Gasteiger partial charge is 0.486 e. The van der Waals surface area contributed by atoms with Gasteiger partial charge in [-0.1, -0.05) is 6.07 Å². The zero-order valence-electron chi connectivity index (χ0n) is 15.6. The van der Waals surface area contributed by atoms with E-state index in [1.54, 1.807) is 18.2 Å². The van der Waals surface area contributed by atoms with Gasteiger partial charge in [0.1, 0.15) is 13.2 Å². The van der Waals surface area contributed by atoms with Crippen molar-refractivity contribution >= 4 is 17.5 Å². The first-order valence-corrected chi connectivity index (χ1v) is 9.54. The number of carbonyl (C=O) groups is 2. The van der Waals surface area contributed by atoms with E-state index in [2.05, 4.69) is 10.6 Å². The molecule has 8 heteroatoms. The van der Waals surface area contributed by atoms with E-state index in [1.165, 1.54) is 0 Å². The third-order valence-corrected chi connectivity index (χ3v) is 5.18. The molecule has 1 fully saturated rings. The van der Waals surface area contributed by atoms with Crippen LogP contribution >= 0.6 is 0 Å². The van der Waals surface area contributed by atoms with Gasteiger partial charge < -0.3 is 29.6 Å². The minimum atomic E-state index is -0.319. The minimum absolute atomic E-state index is 0.120. The van der Waals surface area contributed by atoms with E-state index in [-0.39, 0.29) is 30.4 Å². The van der Waals surface area contributed by atoms with Crippen LogP contribution in [0.15, 0.2) is 36.4 Å². The molecule has 150 valence electrons. The fourth-order valence-electron chi connectivity index (χ4n) is 3.50. The molecule has 0 aromatic heterocycles. The van der Waals surface area contributed by atoms with Crippen molar-refractivity contribution in [1.82, 2.24) is 5.32 Å². The molecule has 2 aromatic carbocycles. The van der Waals surface area contributed by atoms with Gasteiger partial charge in [0.15, 0.2) is 23.0 Å². The Hall–Kier alpha value is -3.42. The average molecular weight is 396 g/mol. The molecule has 2 atom stereocenters. The molecular weight excluding hydrogens is 376 g/mol. The molecule has 0 radical (unpaired) electrons. The first-order chi connectivity index (χ1) is 14.2. The minimum Gasteiger partial charge on any atom is -0.486 e. The van der Waals surface area contributed by atoms with Crippen LogP contribution in [0.3, 0.4) is 0 Å². The maximum atomic E-state index is 12.5. The first kappa shape index (κ1) is 17.7. The monoisotopic (exact) mass is 396 g/mol. The molecule has 1 saturated carbocycles. The van der Waals surface area contributed by atoms with E-state index in [0.717, 1.165) is 5.56 Å². The Morgan fingerprint density at radius 2 is 1.52 bits per heavy atom. The fraction of sp³-hybridized carbons (Fsp3) is 0.333. The highest BCUT2D eigenvalue weighted by atomic mass is 16.7. The second-order valence-electron chi connectivity index (χ2n) is 7.20. The number of anilines is 1. The maximum Gasteiger partial charge on any atom is 0.231 e. The molecule has 2 aromatic rings. The summed E-state index contributed by atoms with van der Waals surface area (Å²) in [6.45, 7) is 1.60. The molecule has 0 bridgehead atoms. The molecule has 2 N–H and O–H groups in total. The molecule has 2 unspecified atom stereocenters. The van der Waals surface area contributed by atoms with Gasteiger partial charge in [-0.2, -0.15) is 0 Å².